The molecule has 1 aromatic heterocycles. The normalized spacial score (nSPS) is 17.5. The van der Waals surface area contributed by atoms with E-state index < -0.39 is 0 Å². The molecule has 0 radical (unpaired) electrons. The summed E-state index contributed by atoms with van der Waals surface area (Å²) in [6, 6.07) is 12.1. The number of esters is 1. The molecule has 0 atom stereocenters. The summed E-state index contributed by atoms with van der Waals surface area (Å²) in [5.41, 5.74) is 6.49. The lowest BCUT2D eigenvalue weighted by Crippen LogP contribution is -2.33. The molecular weight excluding hydrogens is 336 g/mol. The maximum atomic E-state index is 11.8. The van der Waals surface area contributed by atoms with Gasteiger partial charge in [0.1, 0.15) is 5.82 Å². The van der Waals surface area contributed by atoms with E-state index in [9.17, 15) is 4.79 Å². The van der Waals surface area contributed by atoms with Crippen molar-refractivity contribution >= 4 is 17.0 Å². The predicted octanol–water partition coefficient (Wildman–Crippen LogP) is 5.37. The third-order valence-corrected chi connectivity index (χ3v) is 6.03. The van der Waals surface area contributed by atoms with Gasteiger partial charge in [-0.1, -0.05) is 39.8 Å². The zero-order valence-electron chi connectivity index (χ0n) is 16.6. The van der Waals surface area contributed by atoms with Crippen molar-refractivity contribution in [3.8, 4) is 11.4 Å². The molecule has 3 aromatic rings. The van der Waals surface area contributed by atoms with Gasteiger partial charge in [0.25, 0.3) is 0 Å². The number of nitrogens with one attached hydrogen (secondary N) is 1. The number of carbonyl (C=O) groups excluding carboxylic acids is 1. The van der Waals surface area contributed by atoms with Crippen LogP contribution in [0.25, 0.3) is 22.4 Å². The molecule has 27 heavy (non-hydrogen) atoms. The Morgan fingerprint density at radius 1 is 1.00 bits per heavy atom. The Hall–Kier alpha value is -2.62. The van der Waals surface area contributed by atoms with E-state index in [0.717, 1.165) is 22.4 Å². The molecule has 1 heterocycles. The molecule has 0 bridgehead atoms. The van der Waals surface area contributed by atoms with Gasteiger partial charge in [-0.2, -0.15) is 0 Å². The average Bonchev–Trinajstić information content (AvgIpc) is 3.08. The number of aromatic nitrogens is 2. The van der Waals surface area contributed by atoms with Crippen molar-refractivity contribution in [3.63, 3.8) is 0 Å². The zero-order chi connectivity index (χ0) is 19.4. The van der Waals surface area contributed by atoms with Crippen LogP contribution in [0.1, 0.15) is 62.0 Å². The highest BCUT2D eigenvalue weighted by Gasteiger charge is 2.37. The van der Waals surface area contributed by atoms with E-state index in [4.69, 9.17) is 9.72 Å². The van der Waals surface area contributed by atoms with Crippen molar-refractivity contribution < 1.29 is 9.53 Å². The van der Waals surface area contributed by atoms with E-state index in [1.165, 1.54) is 31.1 Å². The topological polar surface area (TPSA) is 55.0 Å². The van der Waals surface area contributed by atoms with E-state index in [2.05, 4.69) is 50.9 Å². The molecule has 0 unspecified atom stereocenters. The van der Waals surface area contributed by atoms with Crippen molar-refractivity contribution in [2.45, 2.75) is 51.4 Å². The van der Waals surface area contributed by atoms with Crippen LogP contribution in [0.2, 0.25) is 0 Å². The number of rotatable bonds is 2. The summed E-state index contributed by atoms with van der Waals surface area (Å²) in [6.07, 6.45) is 2.38. The van der Waals surface area contributed by atoms with Gasteiger partial charge >= 0.3 is 5.97 Å². The number of aromatic amines is 1. The second kappa shape index (κ2) is 5.95. The quantitative estimate of drug-likeness (QED) is 0.624. The zero-order valence-corrected chi connectivity index (χ0v) is 16.6. The molecule has 1 aliphatic carbocycles. The molecule has 1 N–H and O–H groups in total. The first-order valence-electron chi connectivity index (χ1n) is 9.45. The van der Waals surface area contributed by atoms with Crippen LogP contribution in [-0.4, -0.2) is 23.0 Å². The van der Waals surface area contributed by atoms with Crippen molar-refractivity contribution in [3.05, 3.63) is 53.1 Å². The van der Waals surface area contributed by atoms with Crippen LogP contribution in [0.15, 0.2) is 36.4 Å². The molecule has 4 heteroatoms. The number of fused-ring (bicyclic) bond motifs is 2. The summed E-state index contributed by atoms with van der Waals surface area (Å²) in [6.45, 7) is 9.31. The lowest BCUT2D eigenvalue weighted by atomic mass is 9.63. The largest absolute Gasteiger partial charge is 0.465 e. The minimum Gasteiger partial charge on any atom is -0.465 e. The first kappa shape index (κ1) is 17.8. The Morgan fingerprint density at radius 2 is 1.70 bits per heavy atom. The number of hydrogen-bond acceptors (Lipinski definition) is 3. The highest BCUT2D eigenvalue weighted by molar-refractivity contribution is 5.94. The molecule has 0 spiro atoms. The van der Waals surface area contributed by atoms with E-state index in [-0.39, 0.29) is 16.8 Å². The van der Waals surface area contributed by atoms with Gasteiger partial charge in [0.2, 0.25) is 0 Å². The van der Waals surface area contributed by atoms with Crippen LogP contribution in [0.3, 0.4) is 0 Å². The third-order valence-electron chi connectivity index (χ3n) is 6.03. The van der Waals surface area contributed by atoms with E-state index in [1.54, 1.807) is 12.1 Å². The number of imidazole rings is 1. The standard InChI is InChI=1S/C23H26N2O2/c1-22(2)10-11-23(3,4)17-12-14(6-8-16(17)22)20-24-18-9-7-15(21(26)27-5)13-19(18)25-20/h6-9,12-13H,10-11H2,1-5H3,(H,24,25). The number of hydrogen-bond donors (Lipinski definition) is 1. The molecule has 0 saturated carbocycles. The Labute approximate surface area is 160 Å². The maximum absolute atomic E-state index is 11.8. The summed E-state index contributed by atoms with van der Waals surface area (Å²) >= 11 is 0. The minimum atomic E-state index is -0.342. The summed E-state index contributed by atoms with van der Waals surface area (Å²) in [5, 5.41) is 0. The van der Waals surface area contributed by atoms with E-state index in [0.29, 0.717) is 5.56 Å². The predicted molar refractivity (Wildman–Crippen MR) is 108 cm³/mol. The lowest BCUT2D eigenvalue weighted by Gasteiger charge is -2.42. The summed E-state index contributed by atoms with van der Waals surface area (Å²) in [7, 11) is 1.39. The van der Waals surface area contributed by atoms with Crippen LogP contribution in [0.4, 0.5) is 0 Å². The minimum absolute atomic E-state index is 0.158. The van der Waals surface area contributed by atoms with Gasteiger partial charge in [-0.3, -0.25) is 0 Å². The van der Waals surface area contributed by atoms with Crippen molar-refractivity contribution in [1.82, 2.24) is 9.97 Å². The molecule has 4 nitrogen and oxygen atoms in total. The van der Waals surface area contributed by atoms with Gasteiger partial charge in [0.05, 0.1) is 23.7 Å². The highest BCUT2D eigenvalue weighted by atomic mass is 16.5. The van der Waals surface area contributed by atoms with Crippen LogP contribution < -0.4 is 0 Å². The molecule has 0 saturated heterocycles. The van der Waals surface area contributed by atoms with E-state index in [1.807, 2.05) is 6.07 Å². The molecule has 2 aromatic carbocycles. The van der Waals surface area contributed by atoms with Crippen LogP contribution in [0.5, 0.6) is 0 Å². The molecular formula is C23H26N2O2. The fourth-order valence-electron chi connectivity index (χ4n) is 4.13. The van der Waals surface area contributed by atoms with E-state index >= 15 is 0 Å². The molecule has 0 aliphatic heterocycles. The number of nitrogens with zero attached hydrogens (tertiary/aromatic N) is 1. The first-order chi connectivity index (χ1) is 12.7. The van der Waals surface area contributed by atoms with Gasteiger partial charge < -0.3 is 9.72 Å². The number of carbonyl (C=O) groups is 1. The fourth-order valence-corrected chi connectivity index (χ4v) is 4.13. The Morgan fingerprint density at radius 3 is 2.41 bits per heavy atom. The smallest absolute Gasteiger partial charge is 0.337 e. The van der Waals surface area contributed by atoms with Crippen LogP contribution in [0, 0.1) is 0 Å². The summed E-state index contributed by atoms with van der Waals surface area (Å²) in [5.74, 6) is 0.486. The van der Waals surface area contributed by atoms with Crippen LogP contribution >= 0.6 is 0 Å². The van der Waals surface area contributed by atoms with Crippen molar-refractivity contribution in [1.29, 1.82) is 0 Å². The Bertz CT molecular complexity index is 1040. The highest BCUT2D eigenvalue weighted by Crippen LogP contribution is 2.46. The Kier molecular flexibility index (Phi) is 3.91. The molecule has 1 aliphatic rings. The number of benzene rings is 2. The van der Waals surface area contributed by atoms with Gasteiger partial charge in [0.15, 0.2) is 0 Å². The van der Waals surface area contributed by atoms with Gasteiger partial charge in [-0.05, 0) is 59.1 Å². The molecule has 0 amide bonds. The summed E-state index contributed by atoms with van der Waals surface area (Å²) < 4.78 is 4.81. The lowest BCUT2D eigenvalue weighted by molar-refractivity contribution is 0.0601. The average molecular weight is 362 g/mol. The second-order valence-corrected chi connectivity index (χ2v) is 8.84. The molecule has 4 rings (SSSR count). The SMILES string of the molecule is COC(=O)c1ccc2nc(-c3ccc4c(c3)C(C)(C)CCC4(C)C)[nH]c2c1. The monoisotopic (exact) mass is 362 g/mol. The van der Waals surface area contributed by atoms with Crippen molar-refractivity contribution in [2.24, 2.45) is 0 Å². The number of ether oxygens (including phenoxy) is 1. The fraction of sp³-hybridized carbons (Fsp3) is 0.391. The summed E-state index contributed by atoms with van der Waals surface area (Å²) in [4.78, 5) is 19.9. The maximum Gasteiger partial charge on any atom is 0.337 e. The number of H-pyrrole nitrogens is 1. The van der Waals surface area contributed by atoms with Crippen LogP contribution in [-0.2, 0) is 15.6 Å². The molecule has 140 valence electrons. The number of methoxy groups -OCH3 is 1. The first-order valence-corrected chi connectivity index (χ1v) is 9.45. The van der Waals surface area contributed by atoms with Crippen molar-refractivity contribution in [2.75, 3.05) is 7.11 Å². The second-order valence-electron chi connectivity index (χ2n) is 8.84. The van der Waals surface area contributed by atoms with Gasteiger partial charge in [0, 0.05) is 5.56 Å². The third kappa shape index (κ3) is 2.93. The van der Waals surface area contributed by atoms with Gasteiger partial charge in [-0.25, -0.2) is 9.78 Å². The molecule has 0 fully saturated rings. The Balaban J connectivity index is 1.81. The van der Waals surface area contributed by atoms with Gasteiger partial charge in [-0.15, -0.1) is 0 Å².